The largest absolute Gasteiger partial charge is 0.378 e. The lowest BCUT2D eigenvalue weighted by molar-refractivity contribution is -0.112. The van der Waals surface area contributed by atoms with Gasteiger partial charge in [-0.1, -0.05) is 33.6 Å². The highest BCUT2D eigenvalue weighted by Gasteiger charge is 2.52. The van der Waals surface area contributed by atoms with Gasteiger partial charge >= 0.3 is 0 Å². The van der Waals surface area contributed by atoms with Crippen molar-refractivity contribution in [3.8, 4) is 0 Å². The van der Waals surface area contributed by atoms with Gasteiger partial charge in [0.15, 0.2) is 0 Å². The van der Waals surface area contributed by atoms with E-state index in [0.717, 1.165) is 25.9 Å². The van der Waals surface area contributed by atoms with Crippen LogP contribution in [0.4, 0.5) is 0 Å². The van der Waals surface area contributed by atoms with Crippen molar-refractivity contribution in [2.45, 2.75) is 70.8 Å². The molecule has 15 heavy (non-hydrogen) atoms. The SMILES string of the molecule is CCCCCOC1CC(Cl)C1(CC)CC. The van der Waals surface area contributed by atoms with Crippen LogP contribution < -0.4 is 0 Å². The van der Waals surface area contributed by atoms with Crippen LogP contribution in [0.25, 0.3) is 0 Å². The van der Waals surface area contributed by atoms with Crippen LogP contribution in [0, 0.1) is 5.41 Å². The van der Waals surface area contributed by atoms with E-state index in [9.17, 15) is 0 Å². The number of hydrogen-bond donors (Lipinski definition) is 0. The zero-order valence-electron chi connectivity index (χ0n) is 10.4. The molecule has 1 aliphatic rings. The highest BCUT2D eigenvalue weighted by atomic mass is 35.5. The second kappa shape index (κ2) is 6.10. The molecule has 0 aromatic rings. The summed E-state index contributed by atoms with van der Waals surface area (Å²) in [7, 11) is 0. The predicted octanol–water partition coefficient (Wildman–Crippen LogP) is 4.38. The van der Waals surface area contributed by atoms with Crippen molar-refractivity contribution in [3.05, 3.63) is 0 Å². The Hall–Kier alpha value is 0.250. The van der Waals surface area contributed by atoms with Crippen LogP contribution in [0.3, 0.4) is 0 Å². The van der Waals surface area contributed by atoms with Gasteiger partial charge in [0, 0.05) is 17.4 Å². The molecule has 0 saturated heterocycles. The van der Waals surface area contributed by atoms with E-state index in [1.165, 1.54) is 19.3 Å². The fourth-order valence-electron chi connectivity index (χ4n) is 2.66. The van der Waals surface area contributed by atoms with E-state index in [-0.39, 0.29) is 5.41 Å². The van der Waals surface area contributed by atoms with Crippen molar-refractivity contribution in [1.82, 2.24) is 0 Å². The van der Waals surface area contributed by atoms with Crippen molar-refractivity contribution in [2.75, 3.05) is 6.61 Å². The molecule has 1 nitrogen and oxygen atoms in total. The molecule has 90 valence electrons. The fraction of sp³-hybridized carbons (Fsp3) is 1.00. The lowest BCUT2D eigenvalue weighted by atomic mass is 9.62. The summed E-state index contributed by atoms with van der Waals surface area (Å²) in [5.41, 5.74) is 0.272. The molecule has 0 N–H and O–H groups in total. The maximum atomic E-state index is 6.33. The monoisotopic (exact) mass is 232 g/mol. The quantitative estimate of drug-likeness (QED) is 0.468. The average Bonchev–Trinajstić information content (AvgIpc) is 2.24. The standard InChI is InChI=1S/C13H25ClO/c1-4-7-8-9-15-12-10-11(14)13(12,5-2)6-3/h11-12H,4-10H2,1-3H3. The number of unbranched alkanes of at least 4 members (excludes halogenated alkanes) is 2. The van der Waals surface area contributed by atoms with Gasteiger partial charge in [-0.15, -0.1) is 11.6 Å². The first kappa shape index (κ1) is 13.3. The Morgan fingerprint density at radius 1 is 1.20 bits per heavy atom. The summed E-state index contributed by atoms with van der Waals surface area (Å²) in [5.74, 6) is 0. The summed E-state index contributed by atoms with van der Waals surface area (Å²) in [6.07, 6.45) is 7.51. The Balaban J connectivity index is 2.30. The average molecular weight is 233 g/mol. The van der Waals surface area contributed by atoms with Gasteiger partial charge in [0.05, 0.1) is 6.10 Å². The predicted molar refractivity (Wildman–Crippen MR) is 66.5 cm³/mol. The van der Waals surface area contributed by atoms with Gasteiger partial charge in [0.1, 0.15) is 0 Å². The van der Waals surface area contributed by atoms with E-state index in [1.807, 2.05) is 0 Å². The lowest BCUT2D eigenvalue weighted by Gasteiger charge is -2.52. The second-order valence-corrected chi connectivity index (χ2v) is 5.24. The summed E-state index contributed by atoms with van der Waals surface area (Å²) in [6.45, 7) is 7.62. The van der Waals surface area contributed by atoms with Gasteiger partial charge in [-0.05, 0) is 25.7 Å². The van der Waals surface area contributed by atoms with Crippen LogP contribution in [0.15, 0.2) is 0 Å². The topological polar surface area (TPSA) is 9.23 Å². The minimum atomic E-state index is 0.272. The lowest BCUT2D eigenvalue weighted by Crippen LogP contribution is -2.55. The number of rotatable bonds is 7. The fourth-order valence-corrected chi connectivity index (χ4v) is 3.27. The molecule has 1 aliphatic carbocycles. The third-order valence-corrected chi connectivity index (χ3v) is 4.68. The van der Waals surface area contributed by atoms with Gasteiger partial charge in [0.2, 0.25) is 0 Å². The third kappa shape index (κ3) is 2.68. The Labute approximate surface area is 99.5 Å². The summed E-state index contributed by atoms with van der Waals surface area (Å²) in [4.78, 5) is 0. The molecule has 1 rings (SSSR count). The molecule has 0 spiro atoms. The van der Waals surface area contributed by atoms with Gasteiger partial charge in [-0.25, -0.2) is 0 Å². The van der Waals surface area contributed by atoms with Crippen molar-refractivity contribution in [1.29, 1.82) is 0 Å². The van der Waals surface area contributed by atoms with Gasteiger partial charge in [-0.2, -0.15) is 0 Å². The summed E-state index contributed by atoms with van der Waals surface area (Å²) >= 11 is 6.33. The van der Waals surface area contributed by atoms with E-state index in [1.54, 1.807) is 0 Å². The van der Waals surface area contributed by atoms with Crippen LogP contribution >= 0.6 is 11.6 Å². The van der Waals surface area contributed by atoms with Gasteiger partial charge in [0.25, 0.3) is 0 Å². The summed E-state index contributed by atoms with van der Waals surface area (Å²) in [6, 6.07) is 0. The van der Waals surface area contributed by atoms with Gasteiger partial charge in [-0.3, -0.25) is 0 Å². The number of halogens is 1. The number of alkyl halides is 1. The molecule has 0 radical (unpaired) electrons. The summed E-state index contributed by atoms with van der Waals surface area (Å²) < 4.78 is 5.96. The van der Waals surface area contributed by atoms with E-state index in [4.69, 9.17) is 16.3 Å². The Morgan fingerprint density at radius 3 is 2.33 bits per heavy atom. The van der Waals surface area contributed by atoms with Crippen LogP contribution in [0.2, 0.25) is 0 Å². The molecule has 2 heteroatoms. The molecule has 0 aromatic carbocycles. The zero-order chi connectivity index (χ0) is 11.3. The van der Waals surface area contributed by atoms with Crippen molar-refractivity contribution in [2.24, 2.45) is 5.41 Å². The highest BCUT2D eigenvalue weighted by Crippen LogP contribution is 2.51. The Bertz CT molecular complexity index is 177. The first-order valence-corrected chi connectivity index (χ1v) is 6.90. The van der Waals surface area contributed by atoms with Crippen molar-refractivity contribution in [3.63, 3.8) is 0 Å². The highest BCUT2D eigenvalue weighted by molar-refractivity contribution is 6.21. The molecule has 0 amide bonds. The molecule has 2 unspecified atom stereocenters. The van der Waals surface area contributed by atoms with Crippen LogP contribution in [0.1, 0.15) is 59.3 Å². The first-order valence-electron chi connectivity index (χ1n) is 6.46. The smallest absolute Gasteiger partial charge is 0.0659 e. The molecule has 1 saturated carbocycles. The Kier molecular flexibility index (Phi) is 5.42. The van der Waals surface area contributed by atoms with E-state index >= 15 is 0 Å². The maximum Gasteiger partial charge on any atom is 0.0659 e. The van der Waals surface area contributed by atoms with Crippen LogP contribution in [-0.2, 0) is 4.74 Å². The normalized spacial score (nSPS) is 28.8. The second-order valence-electron chi connectivity index (χ2n) is 4.71. The van der Waals surface area contributed by atoms with E-state index in [0.29, 0.717) is 11.5 Å². The Morgan fingerprint density at radius 2 is 1.87 bits per heavy atom. The van der Waals surface area contributed by atoms with Crippen molar-refractivity contribution < 1.29 is 4.74 Å². The third-order valence-electron chi connectivity index (χ3n) is 4.07. The molecular weight excluding hydrogens is 208 g/mol. The summed E-state index contributed by atoms with van der Waals surface area (Å²) in [5, 5.41) is 0.337. The first-order chi connectivity index (χ1) is 7.21. The molecule has 0 aliphatic heterocycles. The minimum Gasteiger partial charge on any atom is -0.378 e. The minimum absolute atomic E-state index is 0.272. The van der Waals surface area contributed by atoms with E-state index in [2.05, 4.69) is 20.8 Å². The molecule has 1 fully saturated rings. The number of hydrogen-bond acceptors (Lipinski definition) is 1. The van der Waals surface area contributed by atoms with Crippen LogP contribution in [0.5, 0.6) is 0 Å². The molecular formula is C13H25ClO. The molecule has 0 heterocycles. The van der Waals surface area contributed by atoms with E-state index < -0.39 is 0 Å². The van der Waals surface area contributed by atoms with Gasteiger partial charge < -0.3 is 4.74 Å². The molecule has 0 bridgehead atoms. The maximum absolute atomic E-state index is 6.33. The van der Waals surface area contributed by atoms with Crippen LogP contribution in [-0.4, -0.2) is 18.1 Å². The molecule has 2 atom stereocenters. The molecule has 0 aromatic heterocycles. The number of ether oxygens (including phenoxy) is 1. The zero-order valence-corrected chi connectivity index (χ0v) is 11.1. The van der Waals surface area contributed by atoms with Crippen molar-refractivity contribution >= 4 is 11.6 Å².